The molecule has 0 fully saturated rings. The van der Waals surface area contributed by atoms with Gasteiger partial charge in [0.1, 0.15) is 28.6 Å². The number of benzene rings is 1. The molecule has 122 valence electrons. The topological polar surface area (TPSA) is 94.3 Å². The number of ether oxygens (including phenoxy) is 1. The van der Waals surface area contributed by atoms with Crippen LogP contribution in [0.15, 0.2) is 29.6 Å². The predicted octanol–water partition coefficient (Wildman–Crippen LogP) is 2.02. The highest BCUT2D eigenvalue weighted by Crippen LogP contribution is 2.16. The van der Waals surface area contributed by atoms with E-state index in [1.807, 2.05) is 31.2 Å². The van der Waals surface area contributed by atoms with Crippen molar-refractivity contribution in [2.24, 2.45) is 5.73 Å². The molecule has 2 rings (SSSR count). The molecular weight excluding hydrogens is 314 g/mol. The van der Waals surface area contributed by atoms with E-state index >= 15 is 0 Å². The molecule has 0 bridgehead atoms. The fourth-order valence-electron chi connectivity index (χ4n) is 1.67. The minimum atomic E-state index is -1.13. The van der Waals surface area contributed by atoms with Crippen LogP contribution < -0.4 is 15.8 Å². The van der Waals surface area contributed by atoms with Gasteiger partial charge in [-0.2, -0.15) is 0 Å². The van der Waals surface area contributed by atoms with Crippen LogP contribution in [0.2, 0.25) is 0 Å². The third-order valence-electron chi connectivity index (χ3n) is 3.21. The summed E-state index contributed by atoms with van der Waals surface area (Å²) < 4.78 is 5.62. The predicted molar refractivity (Wildman–Crippen MR) is 88.4 cm³/mol. The van der Waals surface area contributed by atoms with Gasteiger partial charge in [0, 0.05) is 5.38 Å². The molecule has 1 aromatic heterocycles. The minimum absolute atomic E-state index is 0.242. The lowest BCUT2D eigenvalue weighted by molar-refractivity contribution is -0.122. The SMILES string of the molecule is Cc1ccc(OCc2nc(C(=O)NC(C)(C)C(N)=O)cs2)cc1. The van der Waals surface area contributed by atoms with Crippen LogP contribution in [-0.2, 0) is 11.4 Å². The maximum Gasteiger partial charge on any atom is 0.271 e. The van der Waals surface area contributed by atoms with Crippen molar-refractivity contribution in [1.82, 2.24) is 10.3 Å². The summed E-state index contributed by atoms with van der Waals surface area (Å²) in [5, 5.41) is 4.85. The van der Waals surface area contributed by atoms with Crippen molar-refractivity contribution < 1.29 is 14.3 Å². The van der Waals surface area contributed by atoms with Gasteiger partial charge in [-0.3, -0.25) is 9.59 Å². The summed E-state index contributed by atoms with van der Waals surface area (Å²) in [6.07, 6.45) is 0. The van der Waals surface area contributed by atoms with Crippen molar-refractivity contribution in [2.75, 3.05) is 0 Å². The number of aromatic nitrogens is 1. The van der Waals surface area contributed by atoms with Crippen LogP contribution in [0.5, 0.6) is 5.75 Å². The normalized spacial score (nSPS) is 11.1. The Bertz CT molecular complexity index is 708. The molecule has 1 heterocycles. The van der Waals surface area contributed by atoms with E-state index in [1.54, 1.807) is 19.2 Å². The molecule has 23 heavy (non-hydrogen) atoms. The Morgan fingerprint density at radius 2 is 1.96 bits per heavy atom. The highest BCUT2D eigenvalue weighted by molar-refractivity contribution is 7.09. The molecule has 0 aliphatic carbocycles. The first-order valence-corrected chi connectivity index (χ1v) is 7.92. The van der Waals surface area contributed by atoms with Crippen molar-refractivity contribution in [3.05, 3.63) is 45.9 Å². The number of nitrogens with two attached hydrogens (primary N) is 1. The van der Waals surface area contributed by atoms with Crippen LogP contribution in [0.4, 0.5) is 0 Å². The molecule has 2 aromatic rings. The first kappa shape index (κ1) is 17.0. The Balaban J connectivity index is 1.96. The molecule has 7 heteroatoms. The molecule has 0 saturated heterocycles. The fourth-order valence-corrected chi connectivity index (χ4v) is 2.36. The van der Waals surface area contributed by atoms with Crippen molar-refractivity contribution in [2.45, 2.75) is 32.9 Å². The van der Waals surface area contributed by atoms with E-state index in [9.17, 15) is 9.59 Å². The van der Waals surface area contributed by atoms with Crippen molar-refractivity contribution in [3.8, 4) is 5.75 Å². The molecule has 0 unspecified atom stereocenters. The number of amides is 2. The Kier molecular flexibility index (Phi) is 5.00. The van der Waals surface area contributed by atoms with Crippen molar-refractivity contribution in [3.63, 3.8) is 0 Å². The smallest absolute Gasteiger partial charge is 0.271 e. The zero-order chi connectivity index (χ0) is 17.0. The van der Waals surface area contributed by atoms with Crippen LogP contribution in [-0.4, -0.2) is 22.3 Å². The number of rotatable bonds is 6. The standard InChI is InChI=1S/C16H19N3O3S/c1-10-4-6-11(7-5-10)22-8-13-18-12(9-23-13)14(20)19-16(2,3)15(17)21/h4-7,9H,8H2,1-3H3,(H2,17,21)(H,19,20). The van der Waals surface area contributed by atoms with Crippen molar-refractivity contribution >= 4 is 23.2 Å². The number of hydrogen-bond donors (Lipinski definition) is 2. The Hall–Kier alpha value is -2.41. The first-order valence-electron chi connectivity index (χ1n) is 7.04. The molecule has 0 atom stereocenters. The largest absolute Gasteiger partial charge is 0.486 e. The van der Waals surface area contributed by atoms with E-state index in [-0.39, 0.29) is 12.3 Å². The van der Waals surface area contributed by atoms with Crippen LogP contribution in [0, 0.1) is 6.92 Å². The van der Waals surface area contributed by atoms with Gasteiger partial charge in [0.05, 0.1) is 0 Å². The van der Waals surface area contributed by atoms with Crippen LogP contribution in [0.1, 0.15) is 34.9 Å². The second-order valence-electron chi connectivity index (χ2n) is 5.67. The van der Waals surface area contributed by atoms with Gasteiger partial charge in [-0.1, -0.05) is 17.7 Å². The summed E-state index contributed by atoms with van der Waals surface area (Å²) in [6.45, 7) is 5.37. The highest BCUT2D eigenvalue weighted by atomic mass is 32.1. The number of aryl methyl sites for hydroxylation is 1. The molecule has 0 aliphatic rings. The molecule has 6 nitrogen and oxygen atoms in total. The summed E-state index contributed by atoms with van der Waals surface area (Å²) >= 11 is 1.32. The lowest BCUT2D eigenvalue weighted by atomic mass is 10.1. The van der Waals surface area contributed by atoms with Gasteiger partial charge in [-0.05, 0) is 32.9 Å². The van der Waals surface area contributed by atoms with Crippen LogP contribution in [0.3, 0.4) is 0 Å². The highest BCUT2D eigenvalue weighted by Gasteiger charge is 2.28. The number of hydrogen-bond acceptors (Lipinski definition) is 5. The minimum Gasteiger partial charge on any atom is -0.486 e. The van der Waals surface area contributed by atoms with Gasteiger partial charge < -0.3 is 15.8 Å². The number of carbonyl (C=O) groups excluding carboxylic acids is 2. The third kappa shape index (κ3) is 4.53. The molecule has 0 spiro atoms. The summed E-state index contributed by atoms with van der Waals surface area (Å²) in [6, 6.07) is 7.68. The third-order valence-corrected chi connectivity index (χ3v) is 4.03. The van der Waals surface area contributed by atoms with E-state index in [2.05, 4.69) is 10.3 Å². The molecule has 0 saturated carbocycles. The molecule has 2 amide bonds. The number of primary amides is 1. The van der Waals surface area contributed by atoms with E-state index in [0.717, 1.165) is 11.3 Å². The molecule has 1 aromatic carbocycles. The lowest BCUT2D eigenvalue weighted by Crippen LogP contribution is -2.53. The summed E-state index contributed by atoms with van der Waals surface area (Å²) in [5.74, 6) is -0.303. The molecule has 3 N–H and O–H groups in total. The van der Waals surface area contributed by atoms with E-state index in [0.29, 0.717) is 5.01 Å². The number of thiazole rings is 1. The summed E-state index contributed by atoms with van der Waals surface area (Å²) in [5.41, 5.74) is 5.50. The zero-order valence-corrected chi connectivity index (χ0v) is 14.1. The fraction of sp³-hybridized carbons (Fsp3) is 0.312. The van der Waals surface area contributed by atoms with Crippen molar-refractivity contribution in [1.29, 1.82) is 0 Å². The second-order valence-corrected chi connectivity index (χ2v) is 6.61. The van der Waals surface area contributed by atoms with Gasteiger partial charge in [0.15, 0.2) is 0 Å². The Labute approximate surface area is 138 Å². The number of carbonyl (C=O) groups is 2. The second kappa shape index (κ2) is 6.78. The van der Waals surface area contributed by atoms with Crippen LogP contribution in [0.25, 0.3) is 0 Å². The molecule has 0 radical (unpaired) electrons. The maximum atomic E-state index is 12.1. The Morgan fingerprint density at radius 1 is 1.30 bits per heavy atom. The number of nitrogens with one attached hydrogen (secondary N) is 1. The Morgan fingerprint density at radius 3 is 2.57 bits per heavy atom. The van der Waals surface area contributed by atoms with Gasteiger partial charge in [-0.15, -0.1) is 11.3 Å². The average molecular weight is 333 g/mol. The monoisotopic (exact) mass is 333 g/mol. The maximum absolute atomic E-state index is 12.1. The zero-order valence-electron chi connectivity index (χ0n) is 13.3. The van der Waals surface area contributed by atoms with E-state index in [1.165, 1.54) is 11.3 Å². The van der Waals surface area contributed by atoms with Crippen LogP contribution >= 0.6 is 11.3 Å². The first-order chi connectivity index (χ1) is 10.8. The molecule has 0 aliphatic heterocycles. The van der Waals surface area contributed by atoms with Gasteiger partial charge in [0.25, 0.3) is 5.91 Å². The van der Waals surface area contributed by atoms with E-state index < -0.39 is 17.4 Å². The van der Waals surface area contributed by atoms with Gasteiger partial charge in [0.2, 0.25) is 5.91 Å². The summed E-state index contributed by atoms with van der Waals surface area (Å²) in [4.78, 5) is 27.5. The summed E-state index contributed by atoms with van der Waals surface area (Å²) in [7, 11) is 0. The quantitative estimate of drug-likeness (QED) is 0.845. The van der Waals surface area contributed by atoms with Gasteiger partial charge in [-0.25, -0.2) is 4.98 Å². The number of nitrogens with zero attached hydrogens (tertiary/aromatic N) is 1. The van der Waals surface area contributed by atoms with Gasteiger partial charge >= 0.3 is 0 Å². The van der Waals surface area contributed by atoms with E-state index in [4.69, 9.17) is 10.5 Å². The average Bonchev–Trinajstić information content (AvgIpc) is 2.95. The lowest BCUT2D eigenvalue weighted by Gasteiger charge is -2.21. The molecular formula is C16H19N3O3S.